The van der Waals surface area contributed by atoms with Gasteiger partial charge in [0.05, 0.1) is 6.04 Å². The normalized spacial score (nSPS) is 18.4. The number of hydrogen-bond acceptors (Lipinski definition) is 2. The highest BCUT2D eigenvalue weighted by Gasteiger charge is 2.35. The van der Waals surface area contributed by atoms with Gasteiger partial charge in [0.2, 0.25) is 0 Å². The number of anilines is 2. The van der Waals surface area contributed by atoms with E-state index in [1.54, 1.807) is 6.07 Å². The van der Waals surface area contributed by atoms with Crippen molar-refractivity contribution in [2.45, 2.75) is 38.5 Å². The summed E-state index contributed by atoms with van der Waals surface area (Å²) in [5.41, 5.74) is 6.26. The summed E-state index contributed by atoms with van der Waals surface area (Å²) in [6.07, 6.45) is 0.829. The first-order valence-electron chi connectivity index (χ1n) is 11.7. The Morgan fingerprint density at radius 2 is 1.35 bits per heavy atom. The predicted molar refractivity (Wildman–Crippen MR) is 144 cm³/mol. The molecule has 0 radical (unpaired) electrons. The maximum Gasteiger partial charge on any atom is 0.0535 e. The summed E-state index contributed by atoms with van der Waals surface area (Å²) in [4.78, 5) is 5.10. The highest BCUT2D eigenvalue weighted by atomic mass is 35.5. The lowest BCUT2D eigenvalue weighted by molar-refractivity contribution is 0.172. The Balaban J connectivity index is 1.62. The van der Waals surface area contributed by atoms with Gasteiger partial charge in [0.1, 0.15) is 0 Å². The second-order valence-electron chi connectivity index (χ2n) is 9.01. The number of rotatable bonds is 5. The molecule has 1 aliphatic rings. The number of halogens is 2. The fourth-order valence-corrected chi connectivity index (χ4v) is 5.62. The van der Waals surface area contributed by atoms with E-state index in [1.807, 2.05) is 12.1 Å². The Morgan fingerprint density at radius 1 is 0.735 bits per heavy atom. The summed E-state index contributed by atoms with van der Waals surface area (Å²) in [6, 6.07) is 36.6. The first-order chi connectivity index (χ1) is 16.6. The van der Waals surface area contributed by atoms with E-state index in [1.165, 1.54) is 22.5 Å². The fraction of sp³-hybridized carbons (Fsp3) is 0.200. The van der Waals surface area contributed by atoms with Crippen LogP contribution in [0.15, 0.2) is 103 Å². The van der Waals surface area contributed by atoms with Crippen LogP contribution in [0.1, 0.15) is 23.6 Å². The first-order valence-corrected chi connectivity index (χ1v) is 12.5. The zero-order chi connectivity index (χ0) is 23.5. The van der Waals surface area contributed by atoms with Crippen LogP contribution in [0, 0.1) is 0 Å². The SMILES string of the molecule is C[C@H]1[C@@H](Cc2cc(Cl)cc(Cl)c2)N(c2ccccc2)c2ccccc2CN1Cc1ccccc1. The van der Waals surface area contributed by atoms with Crippen LogP contribution in [-0.2, 0) is 19.5 Å². The average Bonchev–Trinajstić information content (AvgIpc) is 2.95. The molecule has 2 atom stereocenters. The van der Waals surface area contributed by atoms with Crippen LogP contribution in [0.3, 0.4) is 0 Å². The van der Waals surface area contributed by atoms with E-state index in [4.69, 9.17) is 23.2 Å². The number of hydrogen-bond donors (Lipinski definition) is 0. The Morgan fingerprint density at radius 3 is 2.06 bits per heavy atom. The lowest BCUT2D eigenvalue weighted by Crippen LogP contribution is -2.47. The second kappa shape index (κ2) is 10.2. The smallest absolute Gasteiger partial charge is 0.0535 e. The molecule has 0 N–H and O–H groups in total. The molecule has 0 aliphatic carbocycles. The lowest BCUT2D eigenvalue weighted by atomic mass is 9.96. The summed E-state index contributed by atoms with van der Waals surface area (Å²) >= 11 is 12.8. The van der Waals surface area contributed by atoms with Gasteiger partial charge in [-0.05, 0) is 66.4 Å². The molecule has 0 spiro atoms. The Labute approximate surface area is 212 Å². The standard InChI is InChI=1S/C30H28Cl2N2/c1-22-30(18-24-16-26(31)19-27(32)17-24)34(28-13-6-3-7-14-28)29-15-9-8-12-25(29)21-33(22)20-23-10-4-2-5-11-23/h2-17,19,22,30H,18,20-21H2,1H3/t22-,30+/m0/s1. The molecular formula is C30H28Cl2N2. The number of fused-ring (bicyclic) bond motifs is 1. The minimum atomic E-state index is 0.185. The second-order valence-corrected chi connectivity index (χ2v) is 9.89. The minimum absolute atomic E-state index is 0.185. The van der Waals surface area contributed by atoms with Gasteiger partial charge in [-0.15, -0.1) is 0 Å². The van der Waals surface area contributed by atoms with Crippen molar-refractivity contribution in [1.29, 1.82) is 0 Å². The predicted octanol–water partition coefficient (Wildman–Crippen LogP) is 8.15. The van der Waals surface area contributed by atoms with Gasteiger partial charge in [-0.1, -0.05) is 89.9 Å². The van der Waals surface area contributed by atoms with E-state index in [2.05, 4.69) is 102 Å². The average molecular weight is 487 g/mol. The largest absolute Gasteiger partial charge is 0.336 e. The van der Waals surface area contributed by atoms with Crippen LogP contribution in [0.2, 0.25) is 10.0 Å². The Kier molecular flexibility index (Phi) is 6.92. The summed E-state index contributed by atoms with van der Waals surface area (Å²) in [6.45, 7) is 4.13. The van der Waals surface area contributed by atoms with E-state index < -0.39 is 0 Å². The van der Waals surface area contributed by atoms with E-state index in [-0.39, 0.29) is 12.1 Å². The van der Waals surface area contributed by atoms with Crippen LogP contribution < -0.4 is 4.90 Å². The third kappa shape index (κ3) is 5.00. The van der Waals surface area contributed by atoms with Crippen molar-refractivity contribution in [2.24, 2.45) is 0 Å². The van der Waals surface area contributed by atoms with Gasteiger partial charge < -0.3 is 4.90 Å². The van der Waals surface area contributed by atoms with Crippen LogP contribution in [0.5, 0.6) is 0 Å². The third-order valence-corrected chi connectivity index (χ3v) is 7.16. The molecule has 2 nitrogen and oxygen atoms in total. The van der Waals surface area contributed by atoms with Crippen LogP contribution in [0.25, 0.3) is 0 Å². The Bertz CT molecular complexity index is 1220. The molecule has 0 fully saturated rings. The Hall–Kier alpha value is -2.78. The van der Waals surface area contributed by atoms with E-state index in [9.17, 15) is 0 Å². The third-order valence-electron chi connectivity index (χ3n) is 6.72. The molecule has 0 bridgehead atoms. The highest BCUT2D eigenvalue weighted by molar-refractivity contribution is 6.34. The topological polar surface area (TPSA) is 6.48 Å². The minimum Gasteiger partial charge on any atom is -0.336 e. The summed E-state index contributed by atoms with van der Waals surface area (Å²) in [5.74, 6) is 0. The van der Waals surface area contributed by atoms with Gasteiger partial charge in [-0.3, -0.25) is 4.90 Å². The summed E-state index contributed by atoms with van der Waals surface area (Å²) in [5, 5.41) is 1.35. The van der Waals surface area contributed by atoms with Crippen molar-refractivity contribution < 1.29 is 0 Å². The van der Waals surface area contributed by atoms with Crippen molar-refractivity contribution in [3.8, 4) is 0 Å². The maximum atomic E-state index is 6.40. The van der Waals surface area contributed by atoms with E-state index >= 15 is 0 Å². The zero-order valence-corrected chi connectivity index (χ0v) is 20.8. The number of para-hydroxylation sites is 2. The number of benzene rings is 4. The fourth-order valence-electron chi connectivity index (χ4n) is 5.05. The van der Waals surface area contributed by atoms with Gasteiger partial charge >= 0.3 is 0 Å². The molecule has 1 aliphatic heterocycles. The quantitative estimate of drug-likeness (QED) is 0.280. The molecular weight excluding hydrogens is 459 g/mol. The van der Waals surface area contributed by atoms with Gasteiger partial charge in [-0.25, -0.2) is 0 Å². The molecule has 172 valence electrons. The molecule has 4 aromatic rings. The molecule has 1 heterocycles. The van der Waals surface area contributed by atoms with E-state index in [0.717, 1.165) is 25.1 Å². The van der Waals surface area contributed by atoms with Crippen molar-refractivity contribution in [1.82, 2.24) is 4.90 Å². The van der Waals surface area contributed by atoms with Crippen molar-refractivity contribution in [3.63, 3.8) is 0 Å². The van der Waals surface area contributed by atoms with Gasteiger partial charge in [0.25, 0.3) is 0 Å². The molecule has 0 saturated carbocycles. The van der Waals surface area contributed by atoms with Gasteiger partial charge in [0.15, 0.2) is 0 Å². The van der Waals surface area contributed by atoms with Gasteiger partial charge in [-0.2, -0.15) is 0 Å². The van der Waals surface area contributed by atoms with Crippen LogP contribution >= 0.6 is 23.2 Å². The summed E-state index contributed by atoms with van der Waals surface area (Å²) in [7, 11) is 0. The molecule has 0 aromatic heterocycles. The van der Waals surface area contributed by atoms with Crippen LogP contribution in [-0.4, -0.2) is 17.0 Å². The van der Waals surface area contributed by atoms with Crippen LogP contribution in [0.4, 0.5) is 11.4 Å². The highest BCUT2D eigenvalue weighted by Crippen LogP contribution is 2.38. The lowest BCUT2D eigenvalue weighted by Gasteiger charge is -2.39. The van der Waals surface area contributed by atoms with Crippen molar-refractivity contribution in [2.75, 3.05) is 4.90 Å². The van der Waals surface area contributed by atoms with Crippen molar-refractivity contribution in [3.05, 3.63) is 130 Å². The molecule has 4 aromatic carbocycles. The molecule has 0 unspecified atom stereocenters. The maximum absolute atomic E-state index is 6.40. The van der Waals surface area contributed by atoms with Crippen molar-refractivity contribution >= 4 is 34.6 Å². The number of nitrogens with zero attached hydrogens (tertiary/aromatic N) is 2. The molecule has 4 heteroatoms. The first kappa shape index (κ1) is 23.0. The van der Waals surface area contributed by atoms with Gasteiger partial charge in [0, 0.05) is 40.6 Å². The van der Waals surface area contributed by atoms with E-state index in [0.29, 0.717) is 10.0 Å². The zero-order valence-electron chi connectivity index (χ0n) is 19.2. The summed E-state index contributed by atoms with van der Waals surface area (Å²) < 4.78 is 0. The molecule has 0 saturated heterocycles. The monoisotopic (exact) mass is 486 g/mol. The molecule has 5 rings (SSSR count). The molecule has 0 amide bonds. The molecule has 34 heavy (non-hydrogen) atoms.